The van der Waals surface area contributed by atoms with Crippen LogP contribution in [0, 0.1) is 0 Å². The van der Waals surface area contributed by atoms with Crippen LogP contribution in [0.15, 0.2) is 42.7 Å². The Hall–Kier alpha value is -1.78. The molecule has 6 heteroatoms. The second-order valence-corrected chi connectivity index (χ2v) is 6.20. The van der Waals surface area contributed by atoms with Gasteiger partial charge in [-0.1, -0.05) is 23.2 Å². The summed E-state index contributed by atoms with van der Waals surface area (Å²) in [6, 6.07) is 8.84. The van der Waals surface area contributed by atoms with Crippen molar-refractivity contribution < 1.29 is 9.53 Å². The fourth-order valence-electron chi connectivity index (χ4n) is 2.31. The summed E-state index contributed by atoms with van der Waals surface area (Å²) in [6.45, 7) is 4.92. The first-order chi connectivity index (χ1) is 11.5. The summed E-state index contributed by atoms with van der Waals surface area (Å²) in [5, 5.41) is 0.917. The summed E-state index contributed by atoms with van der Waals surface area (Å²) < 4.78 is 5.70. The highest BCUT2D eigenvalue weighted by Gasteiger charge is 2.21. The number of aromatic nitrogens is 1. The first kappa shape index (κ1) is 18.6. The molecule has 4 nitrogen and oxygen atoms in total. The Bertz CT molecular complexity index is 680. The van der Waals surface area contributed by atoms with E-state index in [2.05, 4.69) is 4.98 Å². The number of likely N-dealkylation sites (N-methyl/N-ethyl adjacent to an activating group) is 1. The van der Waals surface area contributed by atoms with Gasteiger partial charge in [-0.05, 0) is 56.2 Å². The maximum atomic E-state index is 12.6. The van der Waals surface area contributed by atoms with Gasteiger partial charge in [0.1, 0.15) is 5.75 Å². The molecular weight excluding hydrogens is 347 g/mol. The molecule has 24 heavy (non-hydrogen) atoms. The molecule has 0 spiro atoms. The number of halogens is 2. The van der Waals surface area contributed by atoms with E-state index in [1.165, 1.54) is 0 Å². The van der Waals surface area contributed by atoms with E-state index < -0.39 is 6.10 Å². The van der Waals surface area contributed by atoms with Gasteiger partial charge in [-0.3, -0.25) is 9.78 Å². The van der Waals surface area contributed by atoms with Crippen LogP contribution in [-0.4, -0.2) is 35.0 Å². The summed E-state index contributed by atoms with van der Waals surface area (Å²) in [7, 11) is 0. The molecule has 2 aromatic rings. The van der Waals surface area contributed by atoms with Gasteiger partial charge in [0.2, 0.25) is 0 Å². The van der Waals surface area contributed by atoms with Crippen molar-refractivity contribution in [2.24, 2.45) is 0 Å². The molecule has 128 valence electrons. The van der Waals surface area contributed by atoms with Crippen molar-refractivity contribution in [2.75, 3.05) is 13.1 Å². The van der Waals surface area contributed by atoms with Gasteiger partial charge < -0.3 is 9.64 Å². The van der Waals surface area contributed by atoms with Crippen LogP contribution in [0.25, 0.3) is 0 Å². The molecule has 0 radical (unpaired) electrons. The van der Waals surface area contributed by atoms with Gasteiger partial charge in [0.15, 0.2) is 6.10 Å². The van der Waals surface area contributed by atoms with Crippen LogP contribution in [0.1, 0.15) is 19.4 Å². The molecule has 0 saturated carbocycles. The van der Waals surface area contributed by atoms with Crippen LogP contribution < -0.4 is 4.74 Å². The monoisotopic (exact) mass is 366 g/mol. The first-order valence-electron chi connectivity index (χ1n) is 7.80. The van der Waals surface area contributed by atoms with Crippen LogP contribution in [0.5, 0.6) is 5.75 Å². The topological polar surface area (TPSA) is 42.4 Å². The Morgan fingerprint density at radius 2 is 1.96 bits per heavy atom. The summed E-state index contributed by atoms with van der Waals surface area (Å²) in [4.78, 5) is 18.4. The molecule has 0 bridgehead atoms. The number of pyridine rings is 1. The van der Waals surface area contributed by atoms with Gasteiger partial charge in [-0.2, -0.15) is 0 Å². The zero-order valence-electron chi connectivity index (χ0n) is 13.7. The molecule has 1 heterocycles. The average Bonchev–Trinajstić information content (AvgIpc) is 2.58. The van der Waals surface area contributed by atoms with Crippen LogP contribution in [0.4, 0.5) is 0 Å². The number of ether oxygens (including phenoxy) is 1. The summed E-state index contributed by atoms with van der Waals surface area (Å²) >= 11 is 12.0. The van der Waals surface area contributed by atoms with E-state index in [9.17, 15) is 4.79 Å². The van der Waals surface area contributed by atoms with Crippen LogP contribution in [-0.2, 0) is 11.2 Å². The molecule has 0 fully saturated rings. The van der Waals surface area contributed by atoms with E-state index in [4.69, 9.17) is 27.9 Å². The fraction of sp³-hybridized carbons (Fsp3) is 0.333. The number of hydrogen-bond donors (Lipinski definition) is 0. The summed E-state index contributed by atoms with van der Waals surface area (Å²) in [5.41, 5.74) is 1.14. The number of amides is 1. The number of carbonyl (C=O) groups is 1. The molecule has 0 aliphatic rings. The minimum absolute atomic E-state index is 0.0717. The molecule has 0 aliphatic heterocycles. The normalized spacial score (nSPS) is 11.8. The minimum atomic E-state index is -0.624. The molecule has 0 aliphatic carbocycles. The lowest BCUT2D eigenvalue weighted by atomic mass is 10.2. The van der Waals surface area contributed by atoms with Gasteiger partial charge >= 0.3 is 0 Å². The molecule has 2 rings (SSSR count). The molecule has 1 unspecified atom stereocenters. The second-order valence-electron chi connectivity index (χ2n) is 5.36. The summed E-state index contributed by atoms with van der Waals surface area (Å²) in [6.07, 6.45) is 3.65. The van der Waals surface area contributed by atoms with Crippen LogP contribution in [0.3, 0.4) is 0 Å². The number of benzene rings is 1. The molecule has 1 amide bonds. The Balaban J connectivity index is 1.96. The predicted molar refractivity (Wildman–Crippen MR) is 96.7 cm³/mol. The standard InChI is InChI=1S/C18H20Cl2N2O2/c1-3-22(11-8-14-6-9-21-10-7-14)18(23)13(2)24-17-5-4-15(19)12-16(17)20/h4-7,9-10,12-13H,3,8,11H2,1-2H3. The quantitative estimate of drug-likeness (QED) is 0.735. The van der Waals surface area contributed by atoms with Crippen molar-refractivity contribution in [3.8, 4) is 5.75 Å². The van der Waals surface area contributed by atoms with E-state index in [0.29, 0.717) is 28.9 Å². The highest BCUT2D eigenvalue weighted by molar-refractivity contribution is 6.35. The van der Waals surface area contributed by atoms with Gasteiger partial charge in [-0.25, -0.2) is 0 Å². The average molecular weight is 367 g/mol. The Morgan fingerprint density at radius 3 is 2.58 bits per heavy atom. The lowest BCUT2D eigenvalue weighted by Crippen LogP contribution is -2.41. The molecule has 1 atom stereocenters. The number of rotatable bonds is 7. The van der Waals surface area contributed by atoms with E-state index in [0.717, 1.165) is 12.0 Å². The number of nitrogens with zero attached hydrogens (tertiary/aromatic N) is 2. The van der Waals surface area contributed by atoms with E-state index in [1.807, 2.05) is 19.1 Å². The highest BCUT2D eigenvalue weighted by Crippen LogP contribution is 2.28. The largest absolute Gasteiger partial charge is 0.479 e. The summed E-state index contributed by atoms with van der Waals surface area (Å²) in [5.74, 6) is 0.379. The van der Waals surface area contributed by atoms with Crippen molar-refractivity contribution in [3.63, 3.8) is 0 Å². The lowest BCUT2D eigenvalue weighted by molar-refractivity contribution is -0.137. The zero-order valence-corrected chi connectivity index (χ0v) is 15.2. The van der Waals surface area contributed by atoms with Crippen LogP contribution in [0.2, 0.25) is 10.0 Å². The predicted octanol–water partition coefficient (Wildman–Crippen LogP) is 4.25. The first-order valence-corrected chi connectivity index (χ1v) is 8.56. The van der Waals surface area contributed by atoms with Crippen LogP contribution >= 0.6 is 23.2 Å². The van der Waals surface area contributed by atoms with Gasteiger partial charge in [-0.15, -0.1) is 0 Å². The third kappa shape index (κ3) is 5.11. The third-order valence-electron chi connectivity index (χ3n) is 3.66. The van der Waals surface area contributed by atoms with Gasteiger partial charge in [0.25, 0.3) is 5.91 Å². The Kier molecular flexibility index (Phi) is 6.88. The minimum Gasteiger partial charge on any atom is -0.479 e. The third-order valence-corrected chi connectivity index (χ3v) is 4.19. The van der Waals surface area contributed by atoms with Crippen molar-refractivity contribution in [3.05, 3.63) is 58.3 Å². The second kappa shape index (κ2) is 8.90. The van der Waals surface area contributed by atoms with E-state index in [1.54, 1.807) is 42.4 Å². The molecule has 1 aromatic carbocycles. The fourth-order valence-corrected chi connectivity index (χ4v) is 2.76. The lowest BCUT2D eigenvalue weighted by Gasteiger charge is -2.25. The maximum Gasteiger partial charge on any atom is 0.263 e. The number of carbonyl (C=O) groups excluding carboxylic acids is 1. The SMILES string of the molecule is CCN(CCc1ccncc1)C(=O)C(C)Oc1ccc(Cl)cc1Cl. The Morgan fingerprint density at radius 1 is 1.25 bits per heavy atom. The van der Waals surface area contributed by atoms with Gasteiger partial charge in [0, 0.05) is 30.5 Å². The van der Waals surface area contributed by atoms with Crippen molar-refractivity contribution >= 4 is 29.1 Å². The smallest absolute Gasteiger partial charge is 0.263 e. The van der Waals surface area contributed by atoms with E-state index in [-0.39, 0.29) is 5.91 Å². The van der Waals surface area contributed by atoms with Crippen molar-refractivity contribution in [1.29, 1.82) is 0 Å². The number of hydrogen-bond acceptors (Lipinski definition) is 3. The Labute approximate surface area is 152 Å². The van der Waals surface area contributed by atoms with Gasteiger partial charge in [0.05, 0.1) is 5.02 Å². The molecular formula is C18H20Cl2N2O2. The highest BCUT2D eigenvalue weighted by atomic mass is 35.5. The molecule has 0 saturated heterocycles. The molecule has 0 N–H and O–H groups in total. The van der Waals surface area contributed by atoms with Crippen molar-refractivity contribution in [1.82, 2.24) is 9.88 Å². The maximum absolute atomic E-state index is 12.6. The zero-order chi connectivity index (χ0) is 17.5. The van der Waals surface area contributed by atoms with E-state index >= 15 is 0 Å². The van der Waals surface area contributed by atoms with Crippen molar-refractivity contribution in [2.45, 2.75) is 26.4 Å². The molecule has 1 aromatic heterocycles.